The van der Waals surface area contributed by atoms with Crippen molar-refractivity contribution in [2.45, 2.75) is 12.8 Å². The van der Waals surface area contributed by atoms with Gasteiger partial charge in [0.15, 0.2) is 0 Å². The smallest absolute Gasteiger partial charge is 0.287 e. The molecule has 1 aliphatic rings. The number of aryl methyl sites for hydroxylation is 1. The summed E-state index contributed by atoms with van der Waals surface area (Å²) in [6.45, 7) is 2.91. The number of hydrogen-bond acceptors (Lipinski definition) is 4. The van der Waals surface area contributed by atoms with Crippen LogP contribution in [0.25, 0.3) is 0 Å². The lowest BCUT2D eigenvalue weighted by Crippen LogP contribution is -2.38. The Kier molecular flexibility index (Phi) is 4.24. The van der Waals surface area contributed by atoms with Crippen molar-refractivity contribution < 1.29 is 0 Å². The minimum absolute atomic E-state index is 0.230. The van der Waals surface area contributed by atoms with Gasteiger partial charge in [0.2, 0.25) is 0 Å². The lowest BCUT2D eigenvalue weighted by molar-refractivity contribution is 0.393. The first-order valence-corrected chi connectivity index (χ1v) is 6.62. The van der Waals surface area contributed by atoms with E-state index in [4.69, 9.17) is 11.6 Å². The van der Waals surface area contributed by atoms with Crippen molar-refractivity contribution in [2.24, 2.45) is 13.0 Å². The van der Waals surface area contributed by atoms with Gasteiger partial charge >= 0.3 is 0 Å². The molecule has 100 valence electrons. The molecule has 2 rings (SSSR count). The Labute approximate surface area is 112 Å². The van der Waals surface area contributed by atoms with Crippen molar-refractivity contribution in [2.75, 3.05) is 31.6 Å². The monoisotopic (exact) mass is 270 g/mol. The predicted octanol–water partition coefficient (Wildman–Crippen LogP) is 0.869. The summed E-state index contributed by atoms with van der Waals surface area (Å²) in [4.78, 5) is 13.9. The lowest BCUT2D eigenvalue weighted by Gasteiger charge is -2.33. The van der Waals surface area contributed by atoms with Crippen LogP contribution in [0.3, 0.4) is 0 Å². The van der Waals surface area contributed by atoms with Crippen molar-refractivity contribution in [3.8, 4) is 0 Å². The normalized spacial score (nSPS) is 17.2. The second kappa shape index (κ2) is 5.71. The lowest BCUT2D eigenvalue weighted by atomic mass is 9.96. The minimum atomic E-state index is -0.230. The highest BCUT2D eigenvalue weighted by molar-refractivity contribution is 6.33. The Morgan fingerprint density at radius 1 is 1.50 bits per heavy atom. The molecule has 0 amide bonds. The third kappa shape index (κ3) is 2.67. The molecule has 0 bridgehead atoms. The van der Waals surface area contributed by atoms with Gasteiger partial charge in [0.1, 0.15) is 5.02 Å². The van der Waals surface area contributed by atoms with Crippen LogP contribution in [0.1, 0.15) is 12.8 Å². The van der Waals surface area contributed by atoms with Crippen molar-refractivity contribution in [1.82, 2.24) is 15.1 Å². The molecule has 18 heavy (non-hydrogen) atoms. The maximum Gasteiger partial charge on any atom is 0.287 e. The largest absolute Gasteiger partial charge is 0.369 e. The summed E-state index contributed by atoms with van der Waals surface area (Å²) in [5, 5.41) is 7.52. The average molecular weight is 271 g/mol. The summed E-state index contributed by atoms with van der Waals surface area (Å²) >= 11 is 6.10. The average Bonchev–Trinajstić information content (AvgIpc) is 2.38. The molecule has 0 aliphatic carbocycles. The van der Waals surface area contributed by atoms with Gasteiger partial charge < -0.3 is 10.2 Å². The number of piperidine rings is 1. The molecular weight excluding hydrogens is 252 g/mol. The van der Waals surface area contributed by atoms with Crippen molar-refractivity contribution >= 4 is 17.3 Å². The van der Waals surface area contributed by atoms with Crippen LogP contribution in [0.2, 0.25) is 5.02 Å². The van der Waals surface area contributed by atoms with E-state index >= 15 is 0 Å². The van der Waals surface area contributed by atoms with Crippen molar-refractivity contribution in [3.63, 3.8) is 0 Å². The highest BCUT2D eigenvalue weighted by Gasteiger charge is 2.21. The van der Waals surface area contributed by atoms with E-state index in [-0.39, 0.29) is 10.6 Å². The molecule has 1 aliphatic heterocycles. The zero-order chi connectivity index (χ0) is 13.1. The number of nitrogens with zero attached hydrogens (tertiary/aromatic N) is 3. The summed E-state index contributed by atoms with van der Waals surface area (Å²) in [6, 6.07) is 0. The summed E-state index contributed by atoms with van der Waals surface area (Å²) in [7, 11) is 3.59. The molecular formula is C12H19ClN4O. The summed E-state index contributed by atoms with van der Waals surface area (Å²) in [5.74, 6) is 0.713. The van der Waals surface area contributed by atoms with Gasteiger partial charge in [0.25, 0.3) is 5.56 Å². The van der Waals surface area contributed by atoms with Crippen LogP contribution in [0.4, 0.5) is 5.69 Å². The highest BCUT2D eigenvalue weighted by atomic mass is 35.5. The fourth-order valence-electron chi connectivity index (χ4n) is 2.39. The molecule has 1 fully saturated rings. The molecule has 1 aromatic heterocycles. The Balaban J connectivity index is 2.10. The molecule has 0 atom stereocenters. The first kappa shape index (κ1) is 13.4. The second-order valence-corrected chi connectivity index (χ2v) is 5.14. The zero-order valence-corrected chi connectivity index (χ0v) is 11.6. The summed E-state index contributed by atoms with van der Waals surface area (Å²) < 4.78 is 1.26. The van der Waals surface area contributed by atoms with Crippen LogP contribution < -0.4 is 15.8 Å². The fraction of sp³-hybridized carbons (Fsp3) is 0.667. The highest BCUT2D eigenvalue weighted by Crippen LogP contribution is 2.26. The molecule has 0 saturated carbocycles. The zero-order valence-electron chi connectivity index (χ0n) is 10.8. The number of anilines is 1. The summed E-state index contributed by atoms with van der Waals surface area (Å²) in [6.07, 6.45) is 3.92. The Morgan fingerprint density at radius 2 is 2.17 bits per heavy atom. The topological polar surface area (TPSA) is 50.2 Å². The predicted molar refractivity (Wildman–Crippen MR) is 73.4 cm³/mol. The number of halogens is 1. The Morgan fingerprint density at radius 3 is 2.78 bits per heavy atom. The molecule has 1 saturated heterocycles. The standard InChI is InChI=1S/C12H19ClN4O/c1-14-7-9-3-5-17(6-4-9)10-8-15-16(2)12(18)11(10)13/h8-9,14H,3-7H2,1-2H3. The maximum absolute atomic E-state index is 11.7. The van der Waals surface area contributed by atoms with Crippen LogP contribution >= 0.6 is 11.6 Å². The van der Waals surface area contributed by atoms with Crippen LogP contribution in [-0.2, 0) is 7.05 Å². The van der Waals surface area contributed by atoms with Gasteiger partial charge in [0.05, 0.1) is 11.9 Å². The first-order chi connectivity index (χ1) is 8.63. The van der Waals surface area contributed by atoms with Gasteiger partial charge in [-0.25, -0.2) is 4.68 Å². The molecule has 0 aromatic carbocycles. The number of nitrogens with one attached hydrogen (secondary N) is 1. The minimum Gasteiger partial charge on any atom is -0.369 e. The number of hydrogen-bond donors (Lipinski definition) is 1. The van der Waals surface area contributed by atoms with E-state index < -0.39 is 0 Å². The second-order valence-electron chi connectivity index (χ2n) is 4.76. The molecule has 0 radical (unpaired) electrons. The van der Waals surface area contributed by atoms with E-state index in [1.165, 1.54) is 4.68 Å². The quantitative estimate of drug-likeness (QED) is 0.886. The summed E-state index contributed by atoms with van der Waals surface area (Å²) in [5.41, 5.74) is 0.536. The number of rotatable bonds is 3. The third-order valence-electron chi connectivity index (χ3n) is 3.51. The molecule has 0 spiro atoms. The van der Waals surface area contributed by atoms with Gasteiger partial charge in [-0.15, -0.1) is 0 Å². The molecule has 6 heteroatoms. The van der Waals surface area contributed by atoms with Crippen LogP contribution in [0.15, 0.2) is 11.0 Å². The van der Waals surface area contributed by atoms with E-state index in [1.807, 2.05) is 7.05 Å². The van der Waals surface area contributed by atoms with Crippen molar-refractivity contribution in [1.29, 1.82) is 0 Å². The van der Waals surface area contributed by atoms with Gasteiger partial charge in [-0.3, -0.25) is 4.79 Å². The first-order valence-electron chi connectivity index (χ1n) is 6.25. The van der Waals surface area contributed by atoms with E-state index in [9.17, 15) is 4.79 Å². The van der Waals surface area contributed by atoms with E-state index in [2.05, 4.69) is 15.3 Å². The molecule has 2 heterocycles. The molecule has 1 aromatic rings. The Hall–Kier alpha value is -1.07. The van der Waals surface area contributed by atoms with E-state index in [0.717, 1.165) is 38.2 Å². The molecule has 5 nitrogen and oxygen atoms in total. The van der Waals surface area contributed by atoms with E-state index in [1.54, 1.807) is 13.2 Å². The van der Waals surface area contributed by atoms with Crippen LogP contribution in [0.5, 0.6) is 0 Å². The van der Waals surface area contributed by atoms with E-state index in [0.29, 0.717) is 5.92 Å². The van der Waals surface area contributed by atoms with Gasteiger partial charge in [0, 0.05) is 20.1 Å². The third-order valence-corrected chi connectivity index (χ3v) is 3.86. The van der Waals surface area contributed by atoms with Gasteiger partial charge in [-0.1, -0.05) is 11.6 Å². The maximum atomic E-state index is 11.7. The number of aromatic nitrogens is 2. The van der Waals surface area contributed by atoms with Crippen LogP contribution in [0, 0.1) is 5.92 Å². The van der Waals surface area contributed by atoms with Gasteiger partial charge in [-0.2, -0.15) is 5.10 Å². The van der Waals surface area contributed by atoms with Gasteiger partial charge in [-0.05, 0) is 32.4 Å². The fourth-order valence-corrected chi connectivity index (χ4v) is 2.68. The Bertz CT molecular complexity index is 466. The van der Waals surface area contributed by atoms with Crippen molar-refractivity contribution in [3.05, 3.63) is 21.6 Å². The van der Waals surface area contributed by atoms with Crippen LogP contribution in [-0.4, -0.2) is 36.5 Å². The SMILES string of the molecule is CNCC1CCN(c2cnn(C)c(=O)c2Cl)CC1. The molecule has 0 unspecified atom stereocenters. The molecule has 1 N–H and O–H groups in total.